The Balaban J connectivity index is 1.55. The average molecular weight is 400 g/mol. The lowest BCUT2D eigenvalue weighted by Crippen LogP contribution is -2.17. The summed E-state index contributed by atoms with van der Waals surface area (Å²) in [5, 5.41) is 5.08. The molecule has 27 heavy (non-hydrogen) atoms. The number of nitrogens with one attached hydrogen (secondary N) is 1. The normalized spacial score (nSPS) is 10.7. The number of pyridine rings is 1. The lowest BCUT2D eigenvalue weighted by Gasteiger charge is -2.09. The van der Waals surface area contributed by atoms with Gasteiger partial charge in [0.1, 0.15) is 12.4 Å². The first-order valence-corrected chi connectivity index (χ1v) is 8.78. The van der Waals surface area contributed by atoms with E-state index in [2.05, 4.69) is 15.5 Å². The molecule has 0 radical (unpaired) electrons. The van der Waals surface area contributed by atoms with Crippen LogP contribution >= 0.6 is 23.2 Å². The topological polar surface area (TPSA) is 63.6 Å². The Labute approximate surface area is 166 Å². The summed E-state index contributed by atoms with van der Waals surface area (Å²) in [6.45, 7) is 0.272. The van der Waals surface area contributed by atoms with Crippen molar-refractivity contribution in [3.63, 3.8) is 0 Å². The number of benzene rings is 2. The first kappa shape index (κ1) is 18.9. The van der Waals surface area contributed by atoms with Gasteiger partial charge >= 0.3 is 0 Å². The molecule has 0 spiro atoms. The third kappa shape index (κ3) is 5.29. The number of carbonyl (C=O) groups is 1. The predicted octanol–water partition coefficient (Wildman–Crippen LogP) is 4.73. The molecule has 1 N–H and O–H groups in total. The lowest BCUT2D eigenvalue weighted by atomic mass is 10.2. The second kappa shape index (κ2) is 9.16. The average Bonchev–Trinajstić information content (AvgIpc) is 2.69. The van der Waals surface area contributed by atoms with Crippen LogP contribution in [0.3, 0.4) is 0 Å². The number of ether oxygens (including phenoxy) is 1. The summed E-state index contributed by atoms with van der Waals surface area (Å²) >= 11 is 12.3. The Morgan fingerprint density at radius 2 is 1.70 bits per heavy atom. The summed E-state index contributed by atoms with van der Waals surface area (Å²) in [6, 6.07) is 15.8. The molecule has 1 amide bonds. The highest BCUT2D eigenvalue weighted by molar-refractivity contribution is 6.35. The molecule has 0 saturated carbocycles. The Kier molecular flexibility index (Phi) is 6.41. The van der Waals surface area contributed by atoms with Crippen LogP contribution in [0.4, 0.5) is 0 Å². The van der Waals surface area contributed by atoms with Crippen LogP contribution in [0, 0.1) is 0 Å². The van der Waals surface area contributed by atoms with Gasteiger partial charge in [0.25, 0.3) is 5.91 Å². The first-order chi connectivity index (χ1) is 13.1. The van der Waals surface area contributed by atoms with Crippen molar-refractivity contribution in [3.05, 3.63) is 93.7 Å². The van der Waals surface area contributed by atoms with E-state index in [1.54, 1.807) is 61.1 Å². The summed E-state index contributed by atoms with van der Waals surface area (Å²) in [5.74, 6) is 0.370. The Hall–Kier alpha value is -2.89. The molecule has 7 heteroatoms. The number of hydrazone groups is 1. The van der Waals surface area contributed by atoms with Gasteiger partial charge in [-0.25, -0.2) is 5.43 Å². The van der Waals surface area contributed by atoms with E-state index in [0.29, 0.717) is 21.4 Å². The van der Waals surface area contributed by atoms with Crippen LogP contribution in [0.25, 0.3) is 0 Å². The second-order valence-electron chi connectivity index (χ2n) is 5.49. The molecule has 1 aromatic heterocycles. The maximum Gasteiger partial charge on any atom is 0.271 e. The zero-order valence-electron chi connectivity index (χ0n) is 14.1. The Morgan fingerprint density at radius 3 is 2.37 bits per heavy atom. The molecule has 0 atom stereocenters. The smallest absolute Gasteiger partial charge is 0.271 e. The zero-order valence-corrected chi connectivity index (χ0v) is 15.6. The van der Waals surface area contributed by atoms with Gasteiger partial charge in [0, 0.05) is 33.6 Å². The number of rotatable bonds is 6. The minimum absolute atomic E-state index is 0.272. The quantitative estimate of drug-likeness (QED) is 0.481. The molecular weight excluding hydrogens is 385 g/mol. The SMILES string of the molecule is O=C(N/N=C/c1ccc(OCc2c(Cl)cccc2Cl)cc1)c1ccncc1. The Bertz CT molecular complexity index is 925. The van der Waals surface area contributed by atoms with E-state index in [9.17, 15) is 4.79 Å². The van der Waals surface area contributed by atoms with Gasteiger partial charge < -0.3 is 4.74 Å². The number of carbonyl (C=O) groups excluding carboxylic acids is 1. The number of halogens is 2. The second-order valence-corrected chi connectivity index (χ2v) is 6.31. The van der Waals surface area contributed by atoms with Crippen LogP contribution in [0.1, 0.15) is 21.5 Å². The molecule has 3 rings (SSSR count). The van der Waals surface area contributed by atoms with Gasteiger partial charge in [-0.1, -0.05) is 29.3 Å². The molecule has 0 aliphatic rings. The monoisotopic (exact) mass is 399 g/mol. The summed E-state index contributed by atoms with van der Waals surface area (Å²) < 4.78 is 5.72. The van der Waals surface area contributed by atoms with Gasteiger partial charge in [0.05, 0.1) is 6.21 Å². The van der Waals surface area contributed by atoms with Crippen LogP contribution < -0.4 is 10.2 Å². The molecule has 1 heterocycles. The molecule has 0 fully saturated rings. The van der Waals surface area contributed by atoms with Crippen LogP contribution in [0.2, 0.25) is 10.0 Å². The first-order valence-electron chi connectivity index (χ1n) is 8.02. The van der Waals surface area contributed by atoms with E-state index in [0.717, 1.165) is 11.1 Å². The largest absolute Gasteiger partial charge is 0.489 e. The van der Waals surface area contributed by atoms with Gasteiger partial charge in [0.2, 0.25) is 0 Å². The third-order valence-electron chi connectivity index (χ3n) is 3.65. The molecule has 0 aliphatic heterocycles. The van der Waals surface area contributed by atoms with E-state index in [1.165, 1.54) is 0 Å². The maximum atomic E-state index is 11.9. The molecule has 2 aromatic carbocycles. The number of amides is 1. The number of aromatic nitrogens is 1. The van der Waals surface area contributed by atoms with Gasteiger partial charge in [-0.2, -0.15) is 5.10 Å². The van der Waals surface area contributed by atoms with Crippen molar-refractivity contribution in [1.82, 2.24) is 10.4 Å². The highest BCUT2D eigenvalue weighted by Crippen LogP contribution is 2.25. The number of hydrogen-bond donors (Lipinski definition) is 1. The maximum absolute atomic E-state index is 11.9. The predicted molar refractivity (Wildman–Crippen MR) is 107 cm³/mol. The molecule has 5 nitrogen and oxygen atoms in total. The molecule has 0 unspecified atom stereocenters. The minimum Gasteiger partial charge on any atom is -0.489 e. The van der Waals surface area contributed by atoms with Crippen LogP contribution in [0.5, 0.6) is 5.75 Å². The number of nitrogens with zero attached hydrogens (tertiary/aromatic N) is 2. The highest BCUT2D eigenvalue weighted by atomic mass is 35.5. The van der Waals surface area contributed by atoms with Gasteiger partial charge in [-0.15, -0.1) is 0 Å². The van der Waals surface area contributed by atoms with Crippen LogP contribution in [-0.4, -0.2) is 17.1 Å². The summed E-state index contributed by atoms with van der Waals surface area (Å²) in [6.07, 6.45) is 4.65. The van der Waals surface area contributed by atoms with Crippen molar-refractivity contribution >= 4 is 35.3 Å². The summed E-state index contributed by atoms with van der Waals surface area (Å²) in [5.41, 5.74) is 4.51. The lowest BCUT2D eigenvalue weighted by molar-refractivity contribution is 0.0955. The molecule has 0 saturated heterocycles. The van der Waals surface area contributed by atoms with Crippen molar-refractivity contribution in [1.29, 1.82) is 0 Å². The molecular formula is C20H15Cl2N3O2. The third-order valence-corrected chi connectivity index (χ3v) is 4.36. The van der Waals surface area contributed by atoms with Crippen molar-refractivity contribution < 1.29 is 9.53 Å². The summed E-state index contributed by atoms with van der Waals surface area (Å²) in [4.78, 5) is 15.7. The van der Waals surface area contributed by atoms with E-state index in [1.807, 2.05) is 12.1 Å². The number of hydrogen-bond acceptors (Lipinski definition) is 4. The fraction of sp³-hybridized carbons (Fsp3) is 0.0500. The highest BCUT2D eigenvalue weighted by Gasteiger charge is 2.06. The fourth-order valence-corrected chi connectivity index (χ4v) is 2.72. The Morgan fingerprint density at radius 1 is 1.04 bits per heavy atom. The van der Waals surface area contributed by atoms with Gasteiger partial charge in [0.15, 0.2) is 0 Å². The molecule has 0 aliphatic carbocycles. The molecule has 0 bridgehead atoms. The minimum atomic E-state index is -0.301. The van der Waals surface area contributed by atoms with E-state index in [-0.39, 0.29) is 12.5 Å². The van der Waals surface area contributed by atoms with Crippen molar-refractivity contribution in [2.24, 2.45) is 5.10 Å². The fourth-order valence-electron chi connectivity index (χ4n) is 2.21. The van der Waals surface area contributed by atoms with E-state index >= 15 is 0 Å². The van der Waals surface area contributed by atoms with Crippen molar-refractivity contribution in [2.75, 3.05) is 0 Å². The van der Waals surface area contributed by atoms with E-state index in [4.69, 9.17) is 27.9 Å². The zero-order chi connectivity index (χ0) is 19.1. The van der Waals surface area contributed by atoms with Gasteiger partial charge in [-0.3, -0.25) is 9.78 Å². The van der Waals surface area contributed by atoms with Crippen molar-refractivity contribution in [2.45, 2.75) is 6.61 Å². The van der Waals surface area contributed by atoms with Crippen molar-refractivity contribution in [3.8, 4) is 5.75 Å². The van der Waals surface area contributed by atoms with E-state index < -0.39 is 0 Å². The molecule has 3 aromatic rings. The molecule has 136 valence electrons. The van der Waals surface area contributed by atoms with Crippen LogP contribution in [0.15, 0.2) is 72.1 Å². The van der Waals surface area contributed by atoms with Gasteiger partial charge in [-0.05, 0) is 54.1 Å². The summed E-state index contributed by atoms with van der Waals surface area (Å²) in [7, 11) is 0. The van der Waals surface area contributed by atoms with Crippen LogP contribution in [-0.2, 0) is 6.61 Å². The standard InChI is InChI=1S/C20H15Cl2N3O2/c21-18-2-1-3-19(22)17(18)13-27-16-6-4-14(5-7-16)12-24-25-20(26)15-8-10-23-11-9-15/h1-12H,13H2,(H,25,26)/b24-12+.